The fourth-order valence-electron chi connectivity index (χ4n) is 1.27. The van der Waals surface area contributed by atoms with Gasteiger partial charge in [0.05, 0.1) is 0 Å². The first-order chi connectivity index (χ1) is 5.25. The van der Waals surface area contributed by atoms with Crippen LogP contribution in [0.15, 0.2) is 6.07 Å². The van der Waals surface area contributed by atoms with Crippen molar-refractivity contribution in [2.45, 2.75) is 25.7 Å². The van der Waals surface area contributed by atoms with Gasteiger partial charge >= 0.3 is 0 Å². The van der Waals surface area contributed by atoms with Crippen LogP contribution in [0.3, 0.4) is 0 Å². The van der Waals surface area contributed by atoms with Gasteiger partial charge in [-0.2, -0.15) is 0 Å². The van der Waals surface area contributed by atoms with E-state index >= 15 is 0 Å². The molecule has 11 heavy (non-hydrogen) atoms. The van der Waals surface area contributed by atoms with Crippen LogP contribution in [0.1, 0.15) is 30.0 Å². The van der Waals surface area contributed by atoms with Crippen molar-refractivity contribution in [3.8, 4) is 0 Å². The van der Waals surface area contributed by atoms with Gasteiger partial charge in [0.25, 0.3) is 0 Å². The summed E-state index contributed by atoms with van der Waals surface area (Å²) in [7, 11) is 0. The summed E-state index contributed by atoms with van der Waals surface area (Å²) in [6.45, 7) is 1.93. The Morgan fingerprint density at radius 1 is 1.64 bits per heavy atom. The zero-order chi connectivity index (χ0) is 7.84. The quantitative estimate of drug-likeness (QED) is 0.656. The summed E-state index contributed by atoms with van der Waals surface area (Å²) in [4.78, 5) is 4.07. The van der Waals surface area contributed by atoms with Crippen LogP contribution >= 0.6 is 0 Å². The Balaban J connectivity index is 2.39. The zero-order valence-electron chi connectivity index (χ0n) is 6.59. The van der Waals surface area contributed by atoms with Crippen molar-refractivity contribution in [1.82, 2.24) is 4.98 Å². The molecule has 1 saturated carbocycles. The lowest BCUT2D eigenvalue weighted by atomic mass is 10.1. The number of pyridine rings is 1. The molecule has 1 aromatic rings. The maximum atomic E-state index is 5.59. The number of nitrogen functional groups attached to an aromatic ring is 1. The molecule has 0 saturated heterocycles. The number of aromatic nitrogens is 1. The normalized spacial score (nSPS) is 16.8. The van der Waals surface area contributed by atoms with Crippen LogP contribution in [0.5, 0.6) is 0 Å². The molecule has 1 aromatic heterocycles. The van der Waals surface area contributed by atoms with Gasteiger partial charge in [0.15, 0.2) is 0 Å². The first-order valence-electron chi connectivity index (χ1n) is 3.92. The molecule has 0 bridgehead atoms. The molecule has 2 heteroatoms. The Kier molecular flexibility index (Phi) is 1.34. The van der Waals surface area contributed by atoms with Gasteiger partial charge in [-0.15, -0.1) is 0 Å². The number of nitrogens with two attached hydrogens (primary N) is 1. The van der Waals surface area contributed by atoms with Gasteiger partial charge in [0.2, 0.25) is 0 Å². The lowest BCUT2D eigenvalue weighted by molar-refractivity contribution is 1.08. The van der Waals surface area contributed by atoms with Gasteiger partial charge < -0.3 is 5.73 Å². The smallest absolute Gasteiger partial charge is 0.123 e. The van der Waals surface area contributed by atoms with Gasteiger partial charge in [-0.1, -0.05) is 0 Å². The van der Waals surface area contributed by atoms with Crippen molar-refractivity contribution < 1.29 is 0 Å². The second kappa shape index (κ2) is 2.22. The van der Waals surface area contributed by atoms with E-state index in [1.807, 2.05) is 13.0 Å². The number of rotatable bonds is 1. The summed E-state index contributed by atoms with van der Waals surface area (Å²) in [5, 5.41) is 0. The molecular weight excluding hydrogens is 136 g/mol. The lowest BCUT2D eigenvalue weighted by Gasteiger charge is -1.99. The molecule has 2 rings (SSSR count). The molecule has 0 aliphatic heterocycles. The molecule has 0 aromatic carbocycles. The molecule has 0 atom stereocenters. The maximum absolute atomic E-state index is 5.59. The van der Waals surface area contributed by atoms with E-state index < -0.39 is 0 Å². The predicted octanol–water partition coefficient (Wildman–Crippen LogP) is 1.65. The van der Waals surface area contributed by atoms with Crippen LogP contribution in [0.25, 0.3) is 0 Å². The van der Waals surface area contributed by atoms with Crippen molar-refractivity contribution in [1.29, 1.82) is 0 Å². The second-order valence-corrected chi connectivity index (χ2v) is 3.12. The zero-order valence-corrected chi connectivity index (χ0v) is 6.59. The topological polar surface area (TPSA) is 38.9 Å². The molecule has 57 valence electrons. The minimum atomic E-state index is 0.628. The van der Waals surface area contributed by atoms with Gasteiger partial charge in [-0.25, -0.2) is 4.98 Å². The van der Waals surface area contributed by atoms with Crippen molar-refractivity contribution in [2.24, 2.45) is 0 Å². The molecule has 0 unspecified atom stereocenters. The maximum Gasteiger partial charge on any atom is 0.123 e. The summed E-state index contributed by atoms with van der Waals surface area (Å²) in [6.07, 6.45) is 2.58. The summed E-state index contributed by atoms with van der Waals surface area (Å²) in [6, 6.07) is 5.15. The van der Waals surface area contributed by atoms with Crippen molar-refractivity contribution in [3.63, 3.8) is 0 Å². The van der Waals surface area contributed by atoms with E-state index in [9.17, 15) is 0 Å². The predicted molar refractivity (Wildman–Crippen MR) is 44.2 cm³/mol. The Labute approximate surface area is 66.4 Å². The van der Waals surface area contributed by atoms with E-state index in [-0.39, 0.29) is 0 Å². The van der Waals surface area contributed by atoms with Gasteiger partial charge in [-0.3, -0.25) is 0 Å². The lowest BCUT2D eigenvalue weighted by Crippen LogP contribution is -1.94. The Morgan fingerprint density at radius 2 is 2.36 bits per heavy atom. The second-order valence-electron chi connectivity index (χ2n) is 3.12. The van der Waals surface area contributed by atoms with Crippen LogP contribution < -0.4 is 5.73 Å². The minimum absolute atomic E-state index is 0.628. The number of hydrogen-bond acceptors (Lipinski definition) is 2. The summed E-state index contributed by atoms with van der Waals surface area (Å²) >= 11 is 0. The van der Waals surface area contributed by atoms with Gasteiger partial charge in [0, 0.05) is 11.8 Å². The van der Waals surface area contributed by atoms with Gasteiger partial charge in [-0.05, 0) is 37.3 Å². The first kappa shape index (κ1) is 6.65. The highest BCUT2D eigenvalue weighted by molar-refractivity contribution is 5.37. The third-order valence-corrected chi connectivity index (χ3v) is 1.94. The fraction of sp³-hybridized carbons (Fsp3) is 0.444. The molecule has 1 fully saturated rings. The number of nitrogens with zero attached hydrogens (tertiary/aromatic N) is 1. The van der Waals surface area contributed by atoms with Crippen molar-refractivity contribution in [3.05, 3.63) is 23.4 Å². The largest absolute Gasteiger partial charge is 0.384 e. The molecule has 2 nitrogen and oxygen atoms in total. The van der Waals surface area contributed by atoms with E-state index in [4.69, 9.17) is 5.73 Å². The number of aryl methyl sites for hydroxylation is 1. The standard InChI is InChI=1S/C9H11N2/c1-6-4-8(7-2-3-7)5-9(10)11-6/h5,7H,2-3H2,1H3,(H2,10,11). The summed E-state index contributed by atoms with van der Waals surface area (Å²) in [5.41, 5.74) is 7.75. The number of hydrogen-bond donors (Lipinski definition) is 1. The van der Waals surface area contributed by atoms with Crippen molar-refractivity contribution >= 4 is 5.82 Å². The summed E-state index contributed by atoms with van der Waals surface area (Å²) in [5.74, 6) is 1.35. The Hall–Kier alpha value is -1.05. The Morgan fingerprint density at radius 3 is 2.91 bits per heavy atom. The highest BCUT2D eigenvalue weighted by Crippen LogP contribution is 2.40. The van der Waals surface area contributed by atoms with Crippen LogP contribution in [0, 0.1) is 13.0 Å². The summed E-state index contributed by atoms with van der Waals surface area (Å²) < 4.78 is 0. The molecule has 1 radical (unpaired) electrons. The minimum Gasteiger partial charge on any atom is -0.384 e. The average Bonchev–Trinajstić information content (AvgIpc) is 2.64. The van der Waals surface area contributed by atoms with E-state index in [1.54, 1.807) is 0 Å². The third kappa shape index (κ3) is 1.34. The van der Waals surface area contributed by atoms with Crippen molar-refractivity contribution in [2.75, 3.05) is 5.73 Å². The molecule has 1 aliphatic carbocycles. The van der Waals surface area contributed by atoms with E-state index in [0.717, 1.165) is 11.6 Å². The van der Waals surface area contributed by atoms with Crippen LogP contribution in [-0.2, 0) is 0 Å². The van der Waals surface area contributed by atoms with Crippen LogP contribution in [-0.4, -0.2) is 4.98 Å². The van der Waals surface area contributed by atoms with E-state index in [0.29, 0.717) is 5.82 Å². The highest BCUT2D eigenvalue weighted by Gasteiger charge is 2.24. The number of anilines is 1. The average molecular weight is 147 g/mol. The van der Waals surface area contributed by atoms with Crippen LogP contribution in [0.4, 0.5) is 5.82 Å². The first-order valence-corrected chi connectivity index (χ1v) is 3.92. The fourth-order valence-corrected chi connectivity index (χ4v) is 1.27. The third-order valence-electron chi connectivity index (χ3n) is 1.94. The van der Waals surface area contributed by atoms with E-state index in [1.165, 1.54) is 18.4 Å². The SMILES string of the molecule is Cc1[c]c(C2CC2)cc(N)n1. The molecular formula is C9H11N2. The highest BCUT2D eigenvalue weighted by atomic mass is 14.8. The Bertz CT molecular complexity index is 257. The molecule has 1 aliphatic rings. The molecule has 0 spiro atoms. The van der Waals surface area contributed by atoms with Crippen LogP contribution in [0.2, 0.25) is 0 Å². The molecule has 0 amide bonds. The van der Waals surface area contributed by atoms with E-state index in [2.05, 4.69) is 11.1 Å². The van der Waals surface area contributed by atoms with Gasteiger partial charge in [0.1, 0.15) is 5.82 Å². The molecule has 1 heterocycles. The monoisotopic (exact) mass is 147 g/mol. The molecule has 2 N–H and O–H groups in total.